The SMILES string of the molecule is Cc1c(O)ccc2cc(C(=O)C3CCCN(C(=O)OC(C)(C)C)C3)ccc12. The fourth-order valence-corrected chi connectivity index (χ4v) is 3.55. The number of likely N-dealkylation sites (tertiary alicyclic amines) is 1. The van der Waals surface area contributed by atoms with E-state index in [-0.39, 0.29) is 23.5 Å². The van der Waals surface area contributed by atoms with E-state index in [0.29, 0.717) is 18.7 Å². The highest BCUT2D eigenvalue weighted by Crippen LogP contribution is 2.29. The quantitative estimate of drug-likeness (QED) is 0.780. The van der Waals surface area contributed by atoms with Crippen molar-refractivity contribution in [2.24, 2.45) is 5.92 Å². The summed E-state index contributed by atoms with van der Waals surface area (Å²) < 4.78 is 5.45. The molecule has 1 saturated heterocycles. The van der Waals surface area contributed by atoms with Crippen LogP contribution in [0.2, 0.25) is 0 Å². The fraction of sp³-hybridized carbons (Fsp3) is 0.455. The van der Waals surface area contributed by atoms with Gasteiger partial charge in [0.1, 0.15) is 11.4 Å². The van der Waals surface area contributed by atoms with Gasteiger partial charge in [-0.2, -0.15) is 0 Å². The van der Waals surface area contributed by atoms with E-state index in [0.717, 1.165) is 29.2 Å². The number of piperidine rings is 1. The number of aryl methyl sites for hydroxylation is 1. The van der Waals surface area contributed by atoms with E-state index in [1.807, 2.05) is 52.0 Å². The standard InChI is InChI=1S/C22H27NO4/c1-14-18-9-7-16(12-15(18)8-10-19(14)24)20(25)17-6-5-11-23(13-17)21(26)27-22(2,3)4/h7-10,12,17,24H,5-6,11,13H2,1-4H3. The number of hydrogen-bond acceptors (Lipinski definition) is 4. The molecule has 5 heteroatoms. The van der Waals surface area contributed by atoms with Gasteiger partial charge in [0, 0.05) is 24.6 Å². The molecule has 1 unspecified atom stereocenters. The Morgan fingerprint density at radius 1 is 1.19 bits per heavy atom. The summed E-state index contributed by atoms with van der Waals surface area (Å²) in [6.07, 6.45) is 1.20. The molecule has 0 radical (unpaired) electrons. The van der Waals surface area contributed by atoms with Crippen LogP contribution in [0.1, 0.15) is 49.5 Å². The lowest BCUT2D eigenvalue weighted by molar-refractivity contribution is 0.0172. The molecule has 0 saturated carbocycles. The van der Waals surface area contributed by atoms with Crippen molar-refractivity contribution in [3.05, 3.63) is 41.5 Å². The fourth-order valence-electron chi connectivity index (χ4n) is 3.55. The number of ketones is 1. The lowest BCUT2D eigenvalue weighted by atomic mass is 9.89. The minimum atomic E-state index is -0.546. The molecule has 1 aliphatic rings. The molecule has 1 N–H and O–H groups in total. The molecule has 5 nitrogen and oxygen atoms in total. The van der Waals surface area contributed by atoms with Crippen molar-refractivity contribution < 1.29 is 19.4 Å². The molecule has 2 aromatic rings. The van der Waals surface area contributed by atoms with Gasteiger partial charge in [-0.25, -0.2) is 4.79 Å². The molecule has 1 aliphatic heterocycles. The van der Waals surface area contributed by atoms with E-state index >= 15 is 0 Å². The Bertz CT molecular complexity index is 882. The number of amides is 1. The number of fused-ring (bicyclic) bond motifs is 1. The molecule has 0 aromatic heterocycles. The number of benzene rings is 2. The van der Waals surface area contributed by atoms with E-state index in [4.69, 9.17) is 4.74 Å². The monoisotopic (exact) mass is 369 g/mol. The highest BCUT2D eigenvalue weighted by Gasteiger charge is 2.31. The van der Waals surface area contributed by atoms with Crippen LogP contribution in [0.5, 0.6) is 5.75 Å². The molecule has 1 atom stereocenters. The molecule has 0 spiro atoms. The van der Waals surface area contributed by atoms with Gasteiger partial charge in [0.2, 0.25) is 0 Å². The highest BCUT2D eigenvalue weighted by atomic mass is 16.6. The third-order valence-electron chi connectivity index (χ3n) is 4.99. The van der Waals surface area contributed by atoms with Crippen LogP contribution >= 0.6 is 0 Å². The molecule has 1 amide bonds. The largest absolute Gasteiger partial charge is 0.508 e. The summed E-state index contributed by atoms with van der Waals surface area (Å²) in [7, 11) is 0. The predicted octanol–water partition coefficient (Wildman–Crippen LogP) is 4.68. The zero-order chi connectivity index (χ0) is 19.8. The first kappa shape index (κ1) is 19.2. The van der Waals surface area contributed by atoms with Crippen LogP contribution in [-0.2, 0) is 4.74 Å². The second-order valence-electron chi connectivity index (χ2n) is 8.28. The maximum Gasteiger partial charge on any atom is 0.410 e. The van der Waals surface area contributed by atoms with Crippen molar-refractivity contribution in [2.45, 2.75) is 46.1 Å². The third-order valence-corrected chi connectivity index (χ3v) is 4.99. The number of hydrogen-bond donors (Lipinski definition) is 1. The van der Waals surface area contributed by atoms with Crippen molar-refractivity contribution in [3.8, 4) is 5.75 Å². The lowest BCUT2D eigenvalue weighted by Crippen LogP contribution is -2.44. The van der Waals surface area contributed by atoms with Crippen molar-refractivity contribution in [2.75, 3.05) is 13.1 Å². The Hall–Kier alpha value is -2.56. The zero-order valence-corrected chi connectivity index (χ0v) is 16.4. The molecule has 0 aliphatic carbocycles. The summed E-state index contributed by atoms with van der Waals surface area (Å²) >= 11 is 0. The predicted molar refractivity (Wildman–Crippen MR) is 105 cm³/mol. The molecule has 27 heavy (non-hydrogen) atoms. The van der Waals surface area contributed by atoms with Gasteiger partial charge in [-0.1, -0.05) is 18.2 Å². The van der Waals surface area contributed by atoms with Gasteiger partial charge < -0.3 is 14.7 Å². The summed E-state index contributed by atoms with van der Waals surface area (Å²) in [4.78, 5) is 27.0. The topological polar surface area (TPSA) is 66.8 Å². The smallest absolute Gasteiger partial charge is 0.410 e. The van der Waals surface area contributed by atoms with Gasteiger partial charge in [0.15, 0.2) is 5.78 Å². The van der Waals surface area contributed by atoms with Gasteiger partial charge in [-0.15, -0.1) is 0 Å². The van der Waals surface area contributed by atoms with E-state index in [1.54, 1.807) is 11.0 Å². The lowest BCUT2D eigenvalue weighted by Gasteiger charge is -2.33. The van der Waals surface area contributed by atoms with Crippen molar-refractivity contribution >= 4 is 22.6 Å². The van der Waals surface area contributed by atoms with Crippen LogP contribution in [0.15, 0.2) is 30.3 Å². The number of carbonyl (C=O) groups excluding carboxylic acids is 2. The number of aromatic hydroxyl groups is 1. The van der Waals surface area contributed by atoms with E-state index in [2.05, 4.69) is 0 Å². The normalized spacial score (nSPS) is 17.8. The second-order valence-corrected chi connectivity index (χ2v) is 8.28. The minimum absolute atomic E-state index is 0.0517. The van der Waals surface area contributed by atoms with Gasteiger partial charge in [0.05, 0.1) is 0 Å². The van der Waals surface area contributed by atoms with Gasteiger partial charge >= 0.3 is 6.09 Å². The molecule has 1 fully saturated rings. The summed E-state index contributed by atoms with van der Waals surface area (Å²) in [5.74, 6) is 0.0830. The van der Waals surface area contributed by atoms with Crippen molar-refractivity contribution in [1.29, 1.82) is 0 Å². The van der Waals surface area contributed by atoms with Crippen LogP contribution < -0.4 is 0 Å². The van der Waals surface area contributed by atoms with E-state index in [1.165, 1.54) is 0 Å². The molecule has 3 rings (SSSR count). The molecule has 0 bridgehead atoms. The van der Waals surface area contributed by atoms with Crippen molar-refractivity contribution in [3.63, 3.8) is 0 Å². The molecular weight excluding hydrogens is 342 g/mol. The van der Waals surface area contributed by atoms with Gasteiger partial charge in [-0.05, 0) is 69.0 Å². The Kier molecular flexibility index (Phi) is 5.13. The highest BCUT2D eigenvalue weighted by molar-refractivity contribution is 6.02. The molecule has 2 aromatic carbocycles. The summed E-state index contributed by atoms with van der Waals surface area (Å²) in [5, 5.41) is 11.7. The summed E-state index contributed by atoms with van der Waals surface area (Å²) in [5.41, 5.74) is 0.902. The first-order valence-electron chi connectivity index (χ1n) is 9.40. The molecule has 144 valence electrons. The Labute approximate surface area is 159 Å². The third kappa shape index (κ3) is 4.24. The van der Waals surface area contributed by atoms with Gasteiger partial charge in [-0.3, -0.25) is 4.79 Å². The average Bonchev–Trinajstić information content (AvgIpc) is 2.62. The van der Waals surface area contributed by atoms with Crippen LogP contribution in [-0.4, -0.2) is 40.6 Å². The van der Waals surface area contributed by atoms with Crippen molar-refractivity contribution in [1.82, 2.24) is 4.90 Å². The Balaban J connectivity index is 1.78. The van der Waals surface area contributed by atoms with Crippen LogP contribution in [0.25, 0.3) is 10.8 Å². The summed E-state index contributed by atoms with van der Waals surface area (Å²) in [6, 6.07) is 9.03. The van der Waals surface area contributed by atoms with Crippen LogP contribution in [0.3, 0.4) is 0 Å². The minimum Gasteiger partial charge on any atom is -0.508 e. The number of phenols is 1. The van der Waals surface area contributed by atoms with E-state index in [9.17, 15) is 14.7 Å². The maximum atomic E-state index is 13.0. The molecular formula is C22H27NO4. The zero-order valence-electron chi connectivity index (χ0n) is 16.4. The van der Waals surface area contributed by atoms with E-state index < -0.39 is 5.60 Å². The second kappa shape index (κ2) is 7.22. The number of phenolic OH excluding ortho intramolecular Hbond substituents is 1. The average molecular weight is 369 g/mol. The number of carbonyl (C=O) groups is 2. The number of Topliss-reactive ketones (excluding diaryl/α,β-unsaturated/α-hetero) is 1. The Morgan fingerprint density at radius 2 is 1.93 bits per heavy atom. The van der Waals surface area contributed by atoms with Crippen LogP contribution in [0, 0.1) is 12.8 Å². The number of nitrogens with zero attached hydrogens (tertiary/aromatic N) is 1. The summed E-state index contributed by atoms with van der Waals surface area (Å²) in [6.45, 7) is 8.39. The maximum absolute atomic E-state index is 13.0. The van der Waals surface area contributed by atoms with Crippen LogP contribution in [0.4, 0.5) is 4.79 Å². The Morgan fingerprint density at radius 3 is 2.63 bits per heavy atom. The van der Waals surface area contributed by atoms with Gasteiger partial charge in [0.25, 0.3) is 0 Å². The number of ether oxygens (including phenoxy) is 1. The molecule has 1 heterocycles. The first-order valence-corrected chi connectivity index (χ1v) is 9.40. The number of rotatable bonds is 2. The first-order chi connectivity index (χ1) is 12.7.